The quantitative estimate of drug-likeness (QED) is 0.212. The Balaban J connectivity index is 1.40. The third kappa shape index (κ3) is 5.61. The van der Waals surface area contributed by atoms with E-state index in [2.05, 4.69) is 20.7 Å². The lowest BCUT2D eigenvalue weighted by Crippen LogP contribution is -2.24. The van der Waals surface area contributed by atoms with E-state index in [9.17, 15) is 22.8 Å². The minimum atomic E-state index is -2.86. The first-order valence-electron chi connectivity index (χ1n) is 11.5. The highest BCUT2D eigenvalue weighted by Crippen LogP contribution is 2.36. The van der Waals surface area contributed by atoms with Crippen LogP contribution < -0.4 is 21.0 Å². The third-order valence-electron chi connectivity index (χ3n) is 5.53. The number of para-hydroxylation sites is 2. The number of ether oxygens (including phenoxy) is 1. The van der Waals surface area contributed by atoms with E-state index in [1.807, 2.05) is 5.16 Å². The molecule has 5 aromatic rings. The first kappa shape index (κ1) is 26.7. The number of H-pyrrole nitrogens is 1. The van der Waals surface area contributed by atoms with Gasteiger partial charge in [0.25, 0.3) is 12.0 Å². The molecule has 0 saturated heterocycles. The average molecular weight is 577 g/mol. The Morgan fingerprint density at radius 2 is 1.95 bits per heavy atom. The molecule has 0 aliphatic rings. The number of carbonyl (C=O) groups is 1. The van der Waals surface area contributed by atoms with Gasteiger partial charge in [0.05, 0.1) is 29.3 Å². The van der Waals surface area contributed by atoms with Crippen LogP contribution in [0.25, 0.3) is 22.2 Å². The SMILES string of the molecule is O=C(Nn1c(NCc2ncc(-c3cc(Cl)cc(F)c3OCC(F)F)cc2F)nc2ccccc21)c1cc(=O)[nH]o1. The van der Waals surface area contributed by atoms with Crippen molar-refractivity contribution < 1.29 is 31.6 Å². The summed E-state index contributed by atoms with van der Waals surface area (Å²) in [7, 11) is 0. The van der Waals surface area contributed by atoms with E-state index < -0.39 is 41.9 Å². The smallest absolute Gasteiger partial charge is 0.308 e. The Morgan fingerprint density at radius 1 is 1.15 bits per heavy atom. The van der Waals surface area contributed by atoms with Crippen LogP contribution in [0.4, 0.5) is 23.5 Å². The summed E-state index contributed by atoms with van der Waals surface area (Å²) in [6, 6.07) is 10.9. The van der Waals surface area contributed by atoms with Crippen molar-refractivity contribution in [2.75, 3.05) is 17.3 Å². The summed E-state index contributed by atoms with van der Waals surface area (Å²) >= 11 is 5.92. The van der Waals surface area contributed by atoms with E-state index in [1.165, 1.54) is 16.9 Å². The van der Waals surface area contributed by atoms with Crippen LogP contribution in [0.5, 0.6) is 5.75 Å². The number of aromatic nitrogens is 4. The molecule has 0 bridgehead atoms. The van der Waals surface area contributed by atoms with E-state index in [4.69, 9.17) is 20.9 Å². The standard InChI is InChI=1S/C25H17ClF4N6O4/c26-13-6-14(23(16(28)7-13)39-11-21(29)30)12-5-15(27)18(31-9-12)10-32-25-33-17-3-1-2-4-19(17)36(25)34-24(38)20-8-22(37)35-40-20/h1-9,21H,10-11H2,(H,32,33)(H,34,38)(H,35,37). The van der Waals surface area contributed by atoms with Crippen LogP contribution in [0, 0.1) is 11.6 Å². The molecule has 0 unspecified atom stereocenters. The highest BCUT2D eigenvalue weighted by molar-refractivity contribution is 6.31. The van der Waals surface area contributed by atoms with Crippen LogP contribution in [0.3, 0.4) is 0 Å². The van der Waals surface area contributed by atoms with Crippen LogP contribution in [0.1, 0.15) is 16.2 Å². The van der Waals surface area contributed by atoms with E-state index in [1.54, 1.807) is 24.3 Å². The number of hydrogen-bond acceptors (Lipinski definition) is 7. The fourth-order valence-electron chi connectivity index (χ4n) is 3.78. The van der Waals surface area contributed by atoms with Crippen LogP contribution in [-0.4, -0.2) is 38.7 Å². The minimum absolute atomic E-state index is 0.0411. The predicted octanol–water partition coefficient (Wildman–Crippen LogP) is 4.95. The molecule has 2 aromatic carbocycles. The second-order valence-electron chi connectivity index (χ2n) is 8.25. The van der Waals surface area contributed by atoms with Crippen molar-refractivity contribution in [2.24, 2.45) is 0 Å². The van der Waals surface area contributed by atoms with Crippen molar-refractivity contribution >= 4 is 34.5 Å². The molecule has 0 radical (unpaired) electrons. The number of carbonyl (C=O) groups excluding carboxylic acids is 1. The third-order valence-corrected chi connectivity index (χ3v) is 5.74. The van der Waals surface area contributed by atoms with Gasteiger partial charge < -0.3 is 14.6 Å². The van der Waals surface area contributed by atoms with E-state index in [-0.39, 0.29) is 40.1 Å². The Kier molecular flexibility index (Phi) is 7.42. The van der Waals surface area contributed by atoms with Gasteiger partial charge in [-0.15, -0.1) is 0 Å². The highest BCUT2D eigenvalue weighted by Gasteiger charge is 2.20. The number of hydrogen-bond donors (Lipinski definition) is 3. The van der Waals surface area contributed by atoms with Crippen LogP contribution in [0.15, 0.2) is 64.0 Å². The zero-order valence-electron chi connectivity index (χ0n) is 20.1. The highest BCUT2D eigenvalue weighted by atomic mass is 35.5. The number of pyridine rings is 1. The van der Waals surface area contributed by atoms with Gasteiger partial charge in [-0.1, -0.05) is 23.7 Å². The molecule has 5 rings (SSSR count). The summed E-state index contributed by atoms with van der Waals surface area (Å²) in [5, 5.41) is 4.86. The number of fused-ring (bicyclic) bond motifs is 1. The average Bonchev–Trinajstić information content (AvgIpc) is 3.50. The van der Waals surface area contributed by atoms with Crippen LogP contribution in [0.2, 0.25) is 5.02 Å². The van der Waals surface area contributed by atoms with E-state index in [0.717, 1.165) is 18.2 Å². The number of amides is 1. The van der Waals surface area contributed by atoms with Crippen molar-refractivity contribution in [3.8, 4) is 16.9 Å². The molecule has 0 aliphatic carbocycles. The molecule has 3 N–H and O–H groups in total. The minimum Gasteiger partial charge on any atom is -0.484 e. The van der Waals surface area contributed by atoms with Gasteiger partial charge in [-0.2, -0.15) is 5.16 Å². The van der Waals surface area contributed by atoms with E-state index >= 15 is 4.39 Å². The lowest BCUT2D eigenvalue weighted by atomic mass is 10.1. The number of rotatable bonds is 9. The second-order valence-corrected chi connectivity index (χ2v) is 8.69. The lowest BCUT2D eigenvalue weighted by molar-refractivity contribution is 0.0802. The number of halogens is 5. The number of benzene rings is 2. The molecule has 15 heteroatoms. The molecule has 3 aromatic heterocycles. The largest absolute Gasteiger partial charge is 0.484 e. The van der Waals surface area contributed by atoms with Crippen molar-refractivity contribution in [3.05, 3.63) is 93.2 Å². The molecular weight excluding hydrogens is 560 g/mol. The van der Waals surface area contributed by atoms with Crippen molar-refractivity contribution in [1.82, 2.24) is 19.8 Å². The molecule has 206 valence electrons. The van der Waals surface area contributed by atoms with Gasteiger partial charge in [0.2, 0.25) is 11.7 Å². The van der Waals surface area contributed by atoms with Gasteiger partial charge in [0.1, 0.15) is 12.4 Å². The van der Waals surface area contributed by atoms with Crippen LogP contribution in [-0.2, 0) is 6.54 Å². The Morgan fingerprint density at radius 3 is 2.67 bits per heavy atom. The molecule has 1 amide bonds. The van der Waals surface area contributed by atoms with Gasteiger partial charge in [0.15, 0.2) is 11.6 Å². The Labute approximate surface area is 226 Å². The topological polar surface area (TPSA) is 127 Å². The number of aromatic amines is 1. The van der Waals surface area contributed by atoms with Gasteiger partial charge in [-0.3, -0.25) is 20.0 Å². The summed E-state index contributed by atoms with van der Waals surface area (Å²) in [5.74, 6) is -3.24. The normalized spacial score (nSPS) is 11.2. The summed E-state index contributed by atoms with van der Waals surface area (Å²) < 4.78 is 65.9. The van der Waals surface area contributed by atoms with E-state index in [0.29, 0.717) is 11.0 Å². The molecule has 0 fully saturated rings. The van der Waals surface area contributed by atoms with Crippen molar-refractivity contribution in [1.29, 1.82) is 0 Å². The number of nitrogens with one attached hydrogen (secondary N) is 3. The predicted molar refractivity (Wildman–Crippen MR) is 136 cm³/mol. The molecule has 0 atom stereocenters. The molecule has 0 saturated carbocycles. The molecule has 0 spiro atoms. The molecule has 40 heavy (non-hydrogen) atoms. The fourth-order valence-corrected chi connectivity index (χ4v) is 3.99. The number of alkyl halides is 2. The maximum absolute atomic E-state index is 15.1. The number of nitrogens with zero attached hydrogens (tertiary/aromatic N) is 3. The molecule has 0 aliphatic heterocycles. The van der Waals surface area contributed by atoms with Gasteiger partial charge in [-0.25, -0.2) is 27.2 Å². The Bertz CT molecular complexity index is 1770. The lowest BCUT2D eigenvalue weighted by Gasteiger charge is -2.14. The van der Waals surface area contributed by atoms with Crippen molar-refractivity contribution in [2.45, 2.75) is 13.0 Å². The monoisotopic (exact) mass is 576 g/mol. The van der Waals surface area contributed by atoms with Gasteiger partial charge in [-0.05, 0) is 30.3 Å². The summed E-state index contributed by atoms with van der Waals surface area (Å²) in [4.78, 5) is 32.4. The van der Waals surface area contributed by atoms with Crippen molar-refractivity contribution in [3.63, 3.8) is 0 Å². The maximum Gasteiger partial charge on any atom is 0.308 e. The maximum atomic E-state index is 15.1. The fraction of sp³-hybridized carbons (Fsp3) is 0.120. The zero-order valence-corrected chi connectivity index (χ0v) is 20.8. The summed E-state index contributed by atoms with van der Waals surface area (Å²) in [5.41, 5.74) is 2.83. The summed E-state index contributed by atoms with van der Waals surface area (Å²) in [6.45, 7) is -1.28. The van der Waals surface area contributed by atoms with Crippen LogP contribution >= 0.6 is 11.6 Å². The number of anilines is 1. The first-order chi connectivity index (χ1) is 19.2. The summed E-state index contributed by atoms with van der Waals surface area (Å²) in [6.07, 6.45) is -1.65. The first-order valence-corrected chi connectivity index (χ1v) is 11.8. The number of imidazole rings is 1. The van der Waals surface area contributed by atoms with Gasteiger partial charge in [0, 0.05) is 22.3 Å². The second kappa shape index (κ2) is 11.1. The molecule has 3 heterocycles. The molecular formula is C25H17ClF4N6O4. The zero-order chi connectivity index (χ0) is 28.4. The Hall–Kier alpha value is -4.85. The van der Waals surface area contributed by atoms with Gasteiger partial charge >= 0.3 is 5.91 Å². The molecule has 10 nitrogen and oxygen atoms in total.